The standard InChI is InChI=1S/C10H24N2O/c1-3-6-12(7-4-2)8-5-10(13)9-11/h10,13H,3-9,11H2,1-2H3. The molecule has 0 saturated carbocycles. The molecule has 0 saturated heterocycles. The van der Waals surface area contributed by atoms with Crippen LogP contribution in [0.5, 0.6) is 0 Å². The first-order valence-corrected chi connectivity index (χ1v) is 5.35. The number of rotatable bonds is 8. The fourth-order valence-corrected chi connectivity index (χ4v) is 1.42. The van der Waals surface area contributed by atoms with Crippen molar-refractivity contribution in [3.8, 4) is 0 Å². The summed E-state index contributed by atoms with van der Waals surface area (Å²) in [6.45, 7) is 7.98. The minimum Gasteiger partial charge on any atom is -0.392 e. The van der Waals surface area contributed by atoms with Gasteiger partial charge in [-0.2, -0.15) is 0 Å². The number of nitrogens with zero attached hydrogens (tertiary/aromatic N) is 1. The minimum atomic E-state index is -0.323. The predicted molar refractivity (Wildman–Crippen MR) is 56.7 cm³/mol. The van der Waals surface area contributed by atoms with Gasteiger partial charge in [-0.05, 0) is 32.4 Å². The first-order valence-electron chi connectivity index (χ1n) is 5.35. The maximum Gasteiger partial charge on any atom is 0.0674 e. The van der Waals surface area contributed by atoms with Crippen LogP contribution < -0.4 is 5.73 Å². The second-order valence-corrected chi connectivity index (χ2v) is 3.52. The van der Waals surface area contributed by atoms with Crippen LogP contribution in [0.4, 0.5) is 0 Å². The van der Waals surface area contributed by atoms with Gasteiger partial charge in [-0.1, -0.05) is 13.8 Å². The smallest absolute Gasteiger partial charge is 0.0674 e. The molecule has 1 unspecified atom stereocenters. The SMILES string of the molecule is CCCN(CCC)CCC(O)CN. The lowest BCUT2D eigenvalue weighted by molar-refractivity contribution is 0.147. The van der Waals surface area contributed by atoms with Crippen molar-refractivity contribution in [3.05, 3.63) is 0 Å². The van der Waals surface area contributed by atoms with Crippen molar-refractivity contribution in [2.75, 3.05) is 26.2 Å². The molecule has 0 rings (SSSR count). The van der Waals surface area contributed by atoms with Crippen molar-refractivity contribution in [3.63, 3.8) is 0 Å². The van der Waals surface area contributed by atoms with Crippen LogP contribution in [-0.2, 0) is 0 Å². The van der Waals surface area contributed by atoms with E-state index in [9.17, 15) is 5.11 Å². The van der Waals surface area contributed by atoms with Crippen LogP contribution in [0.1, 0.15) is 33.1 Å². The number of aliphatic hydroxyl groups excluding tert-OH is 1. The summed E-state index contributed by atoms with van der Waals surface area (Å²) in [5, 5.41) is 9.29. The van der Waals surface area contributed by atoms with Crippen molar-refractivity contribution in [2.24, 2.45) is 5.73 Å². The summed E-state index contributed by atoms with van der Waals surface area (Å²) < 4.78 is 0. The summed E-state index contributed by atoms with van der Waals surface area (Å²) in [5.74, 6) is 0. The van der Waals surface area contributed by atoms with E-state index in [0.29, 0.717) is 6.54 Å². The van der Waals surface area contributed by atoms with Gasteiger partial charge >= 0.3 is 0 Å². The molecule has 0 aromatic carbocycles. The number of aliphatic hydroxyl groups is 1. The zero-order chi connectivity index (χ0) is 10.1. The summed E-state index contributed by atoms with van der Waals surface area (Å²) in [4.78, 5) is 2.39. The van der Waals surface area contributed by atoms with Gasteiger partial charge in [0.25, 0.3) is 0 Å². The summed E-state index contributed by atoms with van der Waals surface area (Å²) >= 11 is 0. The quantitative estimate of drug-likeness (QED) is 0.593. The fourth-order valence-electron chi connectivity index (χ4n) is 1.42. The highest BCUT2D eigenvalue weighted by atomic mass is 16.3. The summed E-state index contributed by atoms with van der Waals surface area (Å²) in [6, 6.07) is 0. The average Bonchev–Trinajstić information content (AvgIpc) is 2.14. The lowest BCUT2D eigenvalue weighted by atomic mass is 10.2. The van der Waals surface area contributed by atoms with Gasteiger partial charge in [0.15, 0.2) is 0 Å². The Bertz CT molecular complexity index is 103. The summed E-state index contributed by atoms with van der Waals surface area (Å²) in [5.41, 5.74) is 5.34. The lowest BCUT2D eigenvalue weighted by Gasteiger charge is -2.21. The molecule has 0 aliphatic carbocycles. The Morgan fingerprint density at radius 3 is 2.08 bits per heavy atom. The van der Waals surface area contributed by atoms with Crippen LogP contribution in [0.25, 0.3) is 0 Å². The number of nitrogens with two attached hydrogens (primary N) is 1. The largest absolute Gasteiger partial charge is 0.392 e. The molecule has 13 heavy (non-hydrogen) atoms. The molecule has 1 atom stereocenters. The van der Waals surface area contributed by atoms with E-state index in [1.807, 2.05) is 0 Å². The molecule has 0 aliphatic rings. The molecule has 3 heteroatoms. The van der Waals surface area contributed by atoms with Crippen LogP contribution in [0, 0.1) is 0 Å². The van der Waals surface area contributed by atoms with Crippen molar-refractivity contribution in [1.82, 2.24) is 4.90 Å². The van der Waals surface area contributed by atoms with Gasteiger partial charge in [-0.15, -0.1) is 0 Å². The predicted octanol–water partition coefficient (Wildman–Crippen LogP) is 0.818. The zero-order valence-corrected chi connectivity index (χ0v) is 9.00. The Balaban J connectivity index is 3.55. The molecule has 3 N–H and O–H groups in total. The van der Waals surface area contributed by atoms with Crippen molar-refractivity contribution in [1.29, 1.82) is 0 Å². The van der Waals surface area contributed by atoms with Crippen molar-refractivity contribution < 1.29 is 5.11 Å². The molecule has 0 heterocycles. The van der Waals surface area contributed by atoms with Crippen LogP contribution in [0.15, 0.2) is 0 Å². The van der Waals surface area contributed by atoms with Crippen molar-refractivity contribution >= 4 is 0 Å². The number of hydrogen-bond acceptors (Lipinski definition) is 3. The first kappa shape index (κ1) is 12.9. The molecule has 0 spiro atoms. The second-order valence-electron chi connectivity index (χ2n) is 3.52. The molecule has 0 aromatic heterocycles. The molecule has 0 aliphatic heterocycles. The third kappa shape index (κ3) is 6.99. The highest BCUT2D eigenvalue weighted by Crippen LogP contribution is 1.98. The van der Waals surface area contributed by atoms with Gasteiger partial charge in [0.1, 0.15) is 0 Å². The molecule has 0 radical (unpaired) electrons. The second kappa shape index (κ2) is 8.48. The molecule has 0 amide bonds. The highest BCUT2D eigenvalue weighted by Gasteiger charge is 2.05. The number of hydrogen-bond donors (Lipinski definition) is 2. The Morgan fingerprint density at radius 1 is 1.15 bits per heavy atom. The van der Waals surface area contributed by atoms with E-state index in [0.717, 1.165) is 26.1 Å². The lowest BCUT2D eigenvalue weighted by Crippen LogP contribution is -2.31. The third-order valence-corrected chi connectivity index (χ3v) is 2.13. The van der Waals surface area contributed by atoms with Crippen molar-refractivity contribution in [2.45, 2.75) is 39.2 Å². The first-order chi connectivity index (χ1) is 6.24. The fraction of sp³-hybridized carbons (Fsp3) is 1.00. The molecule has 3 nitrogen and oxygen atoms in total. The van der Waals surface area contributed by atoms with Gasteiger partial charge in [0, 0.05) is 13.1 Å². The maximum absolute atomic E-state index is 9.29. The van der Waals surface area contributed by atoms with E-state index in [1.165, 1.54) is 12.8 Å². The maximum atomic E-state index is 9.29. The highest BCUT2D eigenvalue weighted by molar-refractivity contribution is 4.62. The Labute approximate surface area is 81.9 Å². The van der Waals surface area contributed by atoms with E-state index in [4.69, 9.17) is 5.73 Å². The van der Waals surface area contributed by atoms with E-state index in [2.05, 4.69) is 18.7 Å². The minimum absolute atomic E-state index is 0.323. The Kier molecular flexibility index (Phi) is 8.40. The topological polar surface area (TPSA) is 49.5 Å². The monoisotopic (exact) mass is 188 g/mol. The molecular formula is C10H24N2O. The Hall–Kier alpha value is -0.120. The Morgan fingerprint density at radius 2 is 1.69 bits per heavy atom. The molecule has 0 fully saturated rings. The normalized spacial score (nSPS) is 13.6. The molecule has 0 aromatic rings. The van der Waals surface area contributed by atoms with E-state index in [-0.39, 0.29) is 6.10 Å². The van der Waals surface area contributed by atoms with Crippen LogP contribution in [-0.4, -0.2) is 42.3 Å². The van der Waals surface area contributed by atoms with Gasteiger partial charge < -0.3 is 15.7 Å². The van der Waals surface area contributed by atoms with E-state index < -0.39 is 0 Å². The van der Waals surface area contributed by atoms with E-state index in [1.54, 1.807) is 0 Å². The zero-order valence-electron chi connectivity index (χ0n) is 9.00. The van der Waals surface area contributed by atoms with Gasteiger partial charge in [0.2, 0.25) is 0 Å². The molecule has 80 valence electrons. The van der Waals surface area contributed by atoms with Gasteiger partial charge in [-0.25, -0.2) is 0 Å². The third-order valence-electron chi connectivity index (χ3n) is 2.13. The van der Waals surface area contributed by atoms with Crippen LogP contribution >= 0.6 is 0 Å². The molecule has 0 bridgehead atoms. The summed E-state index contributed by atoms with van der Waals surface area (Å²) in [6.07, 6.45) is 2.84. The summed E-state index contributed by atoms with van der Waals surface area (Å²) in [7, 11) is 0. The average molecular weight is 188 g/mol. The molecular weight excluding hydrogens is 164 g/mol. The van der Waals surface area contributed by atoms with Crippen LogP contribution in [0.2, 0.25) is 0 Å². The van der Waals surface area contributed by atoms with Gasteiger partial charge in [-0.3, -0.25) is 0 Å². The van der Waals surface area contributed by atoms with Crippen LogP contribution in [0.3, 0.4) is 0 Å². The van der Waals surface area contributed by atoms with E-state index >= 15 is 0 Å². The van der Waals surface area contributed by atoms with Gasteiger partial charge in [0.05, 0.1) is 6.10 Å².